The molecule has 6 nitrogen and oxygen atoms in total. The highest BCUT2D eigenvalue weighted by molar-refractivity contribution is 7.89. The van der Waals surface area contributed by atoms with E-state index in [4.69, 9.17) is 9.47 Å². The molecule has 0 aromatic heterocycles. The molecule has 0 aliphatic carbocycles. The molecular weight excluding hydrogens is 436 g/mol. The van der Waals surface area contributed by atoms with Crippen LogP contribution in [0.15, 0.2) is 77.7 Å². The highest BCUT2D eigenvalue weighted by Crippen LogP contribution is 2.25. The third-order valence-corrected chi connectivity index (χ3v) is 7.97. The number of hydrogen-bond donors (Lipinski definition) is 0. The van der Waals surface area contributed by atoms with E-state index in [0.717, 1.165) is 41.2 Å². The van der Waals surface area contributed by atoms with Crippen LogP contribution in [0, 0.1) is 0 Å². The fourth-order valence-corrected chi connectivity index (χ4v) is 5.51. The van der Waals surface area contributed by atoms with Crippen LogP contribution in [0.4, 0.5) is 0 Å². The number of benzene rings is 3. The van der Waals surface area contributed by atoms with Crippen molar-refractivity contribution in [3.8, 4) is 22.6 Å². The second-order valence-corrected chi connectivity index (χ2v) is 10.0. The molecule has 174 valence electrons. The van der Waals surface area contributed by atoms with E-state index in [1.54, 1.807) is 30.7 Å². The molecule has 1 fully saturated rings. The van der Waals surface area contributed by atoms with Crippen LogP contribution in [0.5, 0.6) is 11.5 Å². The lowest BCUT2D eigenvalue weighted by atomic mass is 10.1. The zero-order valence-corrected chi connectivity index (χ0v) is 19.9. The van der Waals surface area contributed by atoms with Gasteiger partial charge in [-0.3, -0.25) is 0 Å². The number of nitrogens with zero attached hydrogens (tertiary/aromatic N) is 2. The monoisotopic (exact) mass is 466 g/mol. The molecule has 0 unspecified atom stereocenters. The predicted octanol–water partition coefficient (Wildman–Crippen LogP) is 3.92. The van der Waals surface area contributed by atoms with Crippen molar-refractivity contribution in [1.82, 2.24) is 9.21 Å². The van der Waals surface area contributed by atoms with Gasteiger partial charge in [-0.05, 0) is 47.4 Å². The Labute approximate surface area is 196 Å². The molecule has 1 saturated heterocycles. The van der Waals surface area contributed by atoms with E-state index < -0.39 is 10.0 Å². The number of piperazine rings is 1. The van der Waals surface area contributed by atoms with E-state index in [0.29, 0.717) is 31.1 Å². The molecule has 0 saturated carbocycles. The third-order valence-electron chi connectivity index (χ3n) is 6.06. The normalized spacial score (nSPS) is 15.3. The molecule has 7 heteroatoms. The van der Waals surface area contributed by atoms with E-state index in [1.165, 1.54) is 0 Å². The summed E-state index contributed by atoms with van der Waals surface area (Å²) in [5, 5.41) is 0. The first-order valence-corrected chi connectivity index (χ1v) is 12.5. The van der Waals surface area contributed by atoms with Gasteiger partial charge in [-0.1, -0.05) is 42.5 Å². The van der Waals surface area contributed by atoms with Gasteiger partial charge in [0.15, 0.2) is 0 Å². The van der Waals surface area contributed by atoms with Crippen LogP contribution in [0.25, 0.3) is 11.1 Å². The number of methoxy groups -OCH3 is 2. The number of ether oxygens (including phenoxy) is 2. The number of hydrogen-bond acceptors (Lipinski definition) is 5. The average Bonchev–Trinajstić information content (AvgIpc) is 2.88. The van der Waals surface area contributed by atoms with Crippen LogP contribution >= 0.6 is 0 Å². The first-order valence-electron chi connectivity index (χ1n) is 11.1. The van der Waals surface area contributed by atoms with Crippen LogP contribution in [0.2, 0.25) is 0 Å². The van der Waals surface area contributed by atoms with Gasteiger partial charge in [0.2, 0.25) is 10.0 Å². The molecule has 0 amide bonds. The third kappa shape index (κ3) is 5.55. The van der Waals surface area contributed by atoms with E-state index in [-0.39, 0.29) is 0 Å². The molecule has 3 aromatic carbocycles. The van der Waals surface area contributed by atoms with Gasteiger partial charge >= 0.3 is 0 Å². The topological polar surface area (TPSA) is 59.1 Å². The smallest absolute Gasteiger partial charge is 0.243 e. The summed E-state index contributed by atoms with van der Waals surface area (Å²) in [4.78, 5) is 2.65. The van der Waals surface area contributed by atoms with Crippen molar-refractivity contribution in [1.29, 1.82) is 0 Å². The maximum atomic E-state index is 13.1. The molecule has 0 atom stereocenters. The maximum absolute atomic E-state index is 13.1. The predicted molar refractivity (Wildman–Crippen MR) is 130 cm³/mol. The summed E-state index contributed by atoms with van der Waals surface area (Å²) in [5.41, 5.74) is 3.22. The molecule has 1 aliphatic rings. The Morgan fingerprint density at radius 3 is 1.91 bits per heavy atom. The lowest BCUT2D eigenvalue weighted by Crippen LogP contribution is -2.48. The van der Waals surface area contributed by atoms with Crippen molar-refractivity contribution in [3.63, 3.8) is 0 Å². The molecule has 33 heavy (non-hydrogen) atoms. The van der Waals surface area contributed by atoms with Crippen molar-refractivity contribution in [3.05, 3.63) is 78.4 Å². The van der Waals surface area contributed by atoms with Crippen LogP contribution in [0.3, 0.4) is 0 Å². The fourth-order valence-electron chi connectivity index (χ4n) is 4.09. The minimum Gasteiger partial charge on any atom is -0.497 e. The van der Waals surface area contributed by atoms with Crippen molar-refractivity contribution >= 4 is 10.0 Å². The standard InChI is InChI=1S/C26H30N2O4S/c1-31-24-18-21(19-25(20-24)32-2)12-13-27-14-16-28(17-15-27)33(29,30)26-10-8-23(9-11-26)22-6-4-3-5-7-22/h3-11,18-20H,12-17H2,1-2H3. The Hall–Kier alpha value is -2.87. The van der Waals surface area contributed by atoms with Gasteiger partial charge in [-0.2, -0.15) is 4.31 Å². The van der Waals surface area contributed by atoms with Gasteiger partial charge in [-0.15, -0.1) is 0 Å². The first-order chi connectivity index (χ1) is 16.0. The molecule has 0 spiro atoms. The fraction of sp³-hybridized carbons (Fsp3) is 0.308. The molecule has 3 aromatic rings. The van der Waals surface area contributed by atoms with Gasteiger partial charge in [0.1, 0.15) is 11.5 Å². The van der Waals surface area contributed by atoms with E-state index >= 15 is 0 Å². The minimum atomic E-state index is -3.50. The van der Waals surface area contributed by atoms with Gasteiger partial charge in [0, 0.05) is 38.8 Å². The zero-order chi connectivity index (χ0) is 23.3. The van der Waals surface area contributed by atoms with Gasteiger partial charge in [0.25, 0.3) is 0 Å². The average molecular weight is 467 g/mol. The molecule has 1 aliphatic heterocycles. The number of rotatable bonds is 8. The van der Waals surface area contributed by atoms with Crippen molar-refractivity contribution in [2.45, 2.75) is 11.3 Å². The Bertz CT molecular complexity index is 1130. The molecule has 0 radical (unpaired) electrons. The number of sulfonamides is 1. The summed E-state index contributed by atoms with van der Waals surface area (Å²) >= 11 is 0. The lowest BCUT2D eigenvalue weighted by molar-refractivity contribution is 0.190. The first kappa shape index (κ1) is 23.3. The van der Waals surface area contributed by atoms with Gasteiger partial charge < -0.3 is 14.4 Å². The summed E-state index contributed by atoms with van der Waals surface area (Å²) < 4.78 is 38.6. The lowest BCUT2D eigenvalue weighted by Gasteiger charge is -2.34. The Kier molecular flexibility index (Phi) is 7.33. The summed E-state index contributed by atoms with van der Waals surface area (Å²) in [7, 11) is -0.203. The Morgan fingerprint density at radius 1 is 0.758 bits per heavy atom. The molecule has 1 heterocycles. The molecule has 0 N–H and O–H groups in total. The molecular formula is C26H30N2O4S. The SMILES string of the molecule is COc1cc(CCN2CCN(S(=O)(=O)c3ccc(-c4ccccc4)cc3)CC2)cc(OC)c1. The van der Waals surface area contributed by atoms with Crippen LogP contribution in [-0.4, -0.2) is 64.6 Å². The molecule has 4 rings (SSSR count). The van der Waals surface area contributed by atoms with E-state index in [2.05, 4.69) is 4.90 Å². The zero-order valence-electron chi connectivity index (χ0n) is 19.1. The van der Waals surface area contributed by atoms with Crippen LogP contribution in [-0.2, 0) is 16.4 Å². The van der Waals surface area contributed by atoms with Gasteiger partial charge in [-0.25, -0.2) is 8.42 Å². The minimum absolute atomic E-state index is 0.346. The van der Waals surface area contributed by atoms with Crippen LogP contribution in [0.1, 0.15) is 5.56 Å². The van der Waals surface area contributed by atoms with Crippen LogP contribution < -0.4 is 9.47 Å². The van der Waals surface area contributed by atoms with Crippen molar-refractivity contribution in [2.24, 2.45) is 0 Å². The second kappa shape index (κ2) is 10.4. The maximum Gasteiger partial charge on any atom is 0.243 e. The van der Waals surface area contributed by atoms with Crippen molar-refractivity contribution < 1.29 is 17.9 Å². The highest BCUT2D eigenvalue weighted by Gasteiger charge is 2.28. The largest absolute Gasteiger partial charge is 0.497 e. The summed E-state index contributed by atoms with van der Waals surface area (Å²) in [6, 6.07) is 23.0. The highest BCUT2D eigenvalue weighted by atomic mass is 32.2. The Morgan fingerprint density at radius 2 is 1.33 bits per heavy atom. The van der Waals surface area contributed by atoms with E-state index in [9.17, 15) is 8.42 Å². The molecule has 0 bridgehead atoms. The second-order valence-electron chi connectivity index (χ2n) is 8.11. The van der Waals surface area contributed by atoms with Gasteiger partial charge in [0.05, 0.1) is 19.1 Å². The summed E-state index contributed by atoms with van der Waals surface area (Å²) in [6.45, 7) is 3.26. The van der Waals surface area contributed by atoms with Crippen molar-refractivity contribution in [2.75, 3.05) is 46.9 Å². The quantitative estimate of drug-likeness (QED) is 0.504. The summed E-state index contributed by atoms with van der Waals surface area (Å²) in [6.07, 6.45) is 0.848. The Balaban J connectivity index is 1.34. The summed E-state index contributed by atoms with van der Waals surface area (Å²) in [5.74, 6) is 1.55. The van der Waals surface area contributed by atoms with E-state index in [1.807, 2.05) is 60.7 Å².